The molecule has 0 amide bonds. The van der Waals surface area contributed by atoms with E-state index in [1.807, 2.05) is 6.92 Å². The number of rotatable bonds is 2. The largest absolute Gasteiger partial charge is 0.288 e. The molecule has 0 unspecified atom stereocenters. The van der Waals surface area contributed by atoms with Crippen LogP contribution < -0.4 is 0 Å². The third-order valence-electron chi connectivity index (χ3n) is 2.22. The summed E-state index contributed by atoms with van der Waals surface area (Å²) in [5.74, 6) is -0.0170. The first-order valence-electron chi connectivity index (χ1n) is 4.64. The summed E-state index contributed by atoms with van der Waals surface area (Å²) in [5.41, 5.74) is 1.54. The van der Waals surface area contributed by atoms with Crippen LogP contribution in [0.5, 0.6) is 0 Å². The number of hydrogen-bond donors (Lipinski definition) is 0. The van der Waals surface area contributed by atoms with Crippen molar-refractivity contribution in [2.75, 3.05) is 0 Å². The molecule has 0 bridgehead atoms. The van der Waals surface area contributed by atoms with Gasteiger partial charge in [-0.1, -0.05) is 23.2 Å². The Labute approximate surface area is 108 Å². The molecule has 2 rings (SSSR count). The molecule has 1 nitrogen and oxygen atoms in total. The van der Waals surface area contributed by atoms with Gasteiger partial charge in [-0.3, -0.25) is 4.79 Å². The summed E-state index contributed by atoms with van der Waals surface area (Å²) in [6, 6.07) is 8.71. The lowest BCUT2D eigenvalue weighted by atomic mass is 10.1. The van der Waals surface area contributed by atoms with Crippen LogP contribution in [0.25, 0.3) is 0 Å². The molecule has 1 aromatic heterocycles. The Morgan fingerprint density at radius 3 is 2.50 bits per heavy atom. The van der Waals surface area contributed by atoms with Crippen LogP contribution in [0.15, 0.2) is 30.3 Å². The van der Waals surface area contributed by atoms with Crippen molar-refractivity contribution in [1.29, 1.82) is 0 Å². The average molecular weight is 271 g/mol. The van der Waals surface area contributed by atoms with Gasteiger partial charge < -0.3 is 0 Å². The highest BCUT2D eigenvalue weighted by atomic mass is 35.5. The summed E-state index contributed by atoms with van der Waals surface area (Å²) in [6.45, 7) is 1.88. The first-order valence-corrected chi connectivity index (χ1v) is 6.21. The van der Waals surface area contributed by atoms with Gasteiger partial charge in [0.2, 0.25) is 5.78 Å². The van der Waals surface area contributed by atoms with E-state index >= 15 is 0 Å². The van der Waals surface area contributed by atoms with Crippen molar-refractivity contribution < 1.29 is 4.79 Å². The van der Waals surface area contributed by atoms with Gasteiger partial charge in [-0.2, -0.15) is 0 Å². The number of carbonyl (C=O) groups is 1. The van der Waals surface area contributed by atoms with Gasteiger partial charge in [0.05, 0.1) is 9.21 Å². The van der Waals surface area contributed by atoms with Crippen molar-refractivity contribution >= 4 is 40.3 Å². The summed E-state index contributed by atoms with van der Waals surface area (Å²) in [5, 5.41) is 0.667. The van der Waals surface area contributed by atoms with Crippen LogP contribution in [0.3, 0.4) is 0 Å². The monoisotopic (exact) mass is 270 g/mol. The zero-order valence-corrected chi connectivity index (χ0v) is 10.8. The van der Waals surface area contributed by atoms with Gasteiger partial charge in [-0.05, 0) is 42.8 Å². The number of aryl methyl sites for hydroxylation is 1. The minimum atomic E-state index is -0.0170. The van der Waals surface area contributed by atoms with Gasteiger partial charge in [0.15, 0.2) is 0 Å². The molecule has 0 saturated carbocycles. The normalized spacial score (nSPS) is 10.4. The fourth-order valence-corrected chi connectivity index (χ4v) is 2.49. The fraction of sp³-hybridized carbons (Fsp3) is 0.0833. The van der Waals surface area contributed by atoms with Crippen molar-refractivity contribution in [2.45, 2.75) is 6.92 Å². The lowest BCUT2D eigenvalue weighted by molar-refractivity contribution is 0.104. The van der Waals surface area contributed by atoms with E-state index in [0.29, 0.717) is 19.8 Å². The molecule has 0 aliphatic rings. The maximum atomic E-state index is 12.0. The maximum Gasteiger partial charge on any atom is 0.203 e. The number of ketones is 1. The number of hydrogen-bond acceptors (Lipinski definition) is 2. The van der Waals surface area contributed by atoms with Gasteiger partial charge in [0.25, 0.3) is 0 Å². The van der Waals surface area contributed by atoms with Crippen LogP contribution >= 0.6 is 34.5 Å². The van der Waals surface area contributed by atoms with E-state index in [1.54, 1.807) is 30.3 Å². The Kier molecular flexibility index (Phi) is 3.33. The van der Waals surface area contributed by atoms with Crippen LogP contribution in [0.4, 0.5) is 0 Å². The van der Waals surface area contributed by atoms with E-state index in [-0.39, 0.29) is 5.78 Å². The number of halogens is 2. The van der Waals surface area contributed by atoms with E-state index in [2.05, 4.69) is 0 Å². The molecule has 4 heteroatoms. The molecule has 0 N–H and O–H groups in total. The molecule has 0 aliphatic carbocycles. The van der Waals surface area contributed by atoms with Crippen molar-refractivity contribution in [3.05, 3.63) is 55.7 Å². The second kappa shape index (κ2) is 4.58. The number of benzene rings is 1. The second-order valence-electron chi connectivity index (χ2n) is 3.40. The van der Waals surface area contributed by atoms with E-state index in [1.165, 1.54) is 11.3 Å². The van der Waals surface area contributed by atoms with E-state index in [4.69, 9.17) is 23.2 Å². The van der Waals surface area contributed by atoms with Gasteiger partial charge in [0, 0.05) is 10.6 Å². The Morgan fingerprint density at radius 1 is 1.19 bits per heavy atom. The highest BCUT2D eigenvalue weighted by molar-refractivity contribution is 7.18. The molecule has 0 aliphatic heterocycles. The lowest BCUT2D eigenvalue weighted by Gasteiger charge is -2.01. The Bertz CT molecular complexity index is 546. The molecular formula is C12H8Cl2OS. The maximum absolute atomic E-state index is 12.0. The van der Waals surface area contributed by atoms with Crippen LogP contribution in [-0.4, -0.2) is 5.78 Å². The number of carbonyl (C=O) groups excluding carboxylic acids is 1. The number of thiophene rings is 1. The summed E-state index contributed by atoms with van der Waals surface area (Å²) >= 11 is 13.0. The summed E-state index contributed by atoms with van der Waals surface area (Å²) in [7, 11) is 0. The standard InChI is InChI=1S/C12H8Cl2OS/c1-7-6-8(2-3-9(7)13)12(15)10-4-5-11(14)16-10/h2-6H,1H3. The topological polar surface area (TPSA) is 17.1 Å². The summed E-state index contributed by atoms with van der Waals surface area (Å²) in [6.07, 6.45) is 0. The zero-order chi connectivity index (χ0) is 11.7. The first kappa shape index (κ1) is 11.6. The highest BCUT2D eigenvalue weighted by Gasteiger charge is 2.12. The van der Waals surface area contributed by atoms with Gasteiger partial charge in [-0.15, -0.1) is 11.3 Å². The minimum Gasteiger partial charge on any atom is -0.288 e. The summed E-state index contributed by atoms with van der Waals surface area (Å²) in [4.78, 5) is 12.7. The first-order chi connectivity index (χ1) is 7.58. The molecule has 2 aromatic rings. The van der Waals surface area contributed by atoms with Crippen molar-refractivity contribution in [2.24, 2.45) is 0 Å². The third-order valence-corrected chi connectivity index (χ3v) is 3.87. The van der Waals surface area contributed by atoms with Crippen molar-refractivity contribution in [1.82, 2.24) is 0 Å². The van der Waals surface area contributed by atoms with Gasteiger partial charge in [0.1, 0.15) is 0 Å². The molecule has 16 heavy (non-hydrogen) atoms. The third kappa shape index (κ3) is 2.29. The molecule has 1 aromatic carbocycles. The lowest BCUT2D eigenvalue weighted by Crippen LogP contribution is -1.98. The van der Waals surface area contributed by atoms with E-state index < -0.39 is 0 Å². The molecule has 0 spiro atoms. The molecule has 0 fully saturated rings. The Balaban J connectivity index is 2.38. The predicted octanol–water partition coefficient (Wildman–Crippen LogP) is 4.59. The van der Waals surface area contributed by atoms with Crippen LogP contribution in [0.2, 0.25) is 9.36 Å². The van der Waals surface area contributed by atoms with Gasteiger partial charge in [-0.25, -0.2) is 0 Å². The Morgan fingerprint density at radius 2 is 1.94 bits per heavy atom. The Hall–Kier alpha value is -0.830. The molecule has 1 heterocycles. The average Bonchev–Trinajstić information content (AvgIpc) is 2.68. The quantitative estimate of drug-likeness (QED) is 0.730. The fourth-order valence-electron chi connectivity index (χ4n) is 1.36. The molecular weight excluding hydrogens is 263 g/mol. The van der Waals surface area contributed by atoms with Gasteiger partial charge >= 0.3 is 0 Å². The van der Waals surface area contributed by atoms with Crippen molar-refractivity contribution in [3.8, 4) is 0 Å². The predicted molar refractivity (Wildman–Crippen MR) is 69.0 cm³/mol. The van der Waals surface area contributed by atoms with E-state index in [0.717, 1.165) is 5.56 Å². The molecule has 82 valence electrons. The molecule has 0 atom stereocenters. The zero-order valence-electron chi connectivity index (χ0n) is 8.46. The SMILES string of the molecule is Cc1cc(C(=O)c2ccc(Cl)s2)ccc1Cl. The smallest absolute Gasteiger partial charge is 0.203 e. The van der Waals surface area contributed by atoms with Crippen molar-refractivity contribution in [3.63, 3.8) is 0 Å². The van der Waals surface area contributed by atoms with E-state index in [9.17, 15) is 4.79 Å². The second-order valence-corrected chi connectivity index (χ2v) is 5.52. The molecule has 0 radical (unpaired) electrons. The van der Waals surface area contributed by atoms with Crippen LogP contribution in [0.1, 0.15) is 20.8 Å². The van der Waals surface area contributed by atoms with Crippen LogP contribution in [0, 0.1) is 6.92 Å². The summed E-state index contributed by atoms with van der Waals surface area (Å²) < 4.78 is 0.619. The highest BCUT2D eigenvalue weighted by Crippen LogP contribution is 2.25. The molecule has 0 saturated heterocycles. The van der Waals surface area contributed by atoms with Crippen LogP contribution in [-0.2, 0) is 0 Å². The minimum absolute atomic E-state index is 0.0170.